The summed E-state index contributed by atoms with van der Waals surface area (Å²) in [5.74, 6) is 0.204. The van der Waals surface area contributed by atoms with Crippen LogP contribution in [0, 0.1) is 17.8 Å². The van der Waals surface area contributed by atoms with Crippen LogP contribution < -0.4 is 10.6 Å². The second kappa shape index (κ2) is 8.12. The van der Waals surface area contributed by atoms with Crippen LogP contribution in [0.3, 0.4) is 0 Å². The standard InChI is InChI=1S/C15H28N2O3/c1-4-11(3)13(14(18)19)17-15(20)16-9-12-7-5-6-10(2)8-12/h10-13H,4-9H2,1-3H3,(H,18,19)(H2,16,17,20). The van der Waals surface area contributed by atoms with Gasteiger partial charge < -0.3 is 15.7 Å². The Hall–Kier alpha value is -1.26. The number of rotatable bonds is 6. The lowest BCUT2D eigenvalue weighted by Crippen LogP contribution is -2.50. The highest BCUT2D eigenvalue weighted by Gasteiger charge is 2.26. The topological polar surface area (TPSA) is 78.4 Å². The maximum atomic E-state index is 11.8. The summed E-state index contributed by atoms with van der Waals surface area (Å²) in [4.78, 5) is 23.0. The molecule has 4 atom stereocenters. The number of carboxylic acid groups (broad SMARTS) is 1. The Balaban J connectivity index is 2.36. The Bertz CT molecular complexity index is 333. The molecular weight excluding hydrogens is 256 g/mol. The summed E-state index contributed by atoms with van der Waals surface area (Å²) in [6, 6.07) is -1.18. The second-order valence-corrected chi connectivity index (χ2v) is 6.19. The minimum Gasteiger partial charge on any atom is -0.480 e. The van der Waals surface area contributed by atoms with Crippen molar-refractivity contribution in [2.24, 2.45) is 17.8 Å². The van der Waals surface area contributed by atoms with Crippen molar-refractivity contribution in [3.63, 3.8) is 0 Å². The van der Waals surface area contributed by atoms with Crippen molar-refractivity contribution in [1.29, 1.82) is 0 Å². The van der Waals surface area contributed by atoms with Crippen LogP contribution in [0.5, 0.6) is 0 Å². The molecule has 1 fully saturated rings. The molecular formula is C15H28N2O3. The minimum atomic E-state index is -0.971. The van der Waals surface area contributed by atoms with Crippen molar-refractivity contribution in [2.75, 3.05) is 6.54 Å². The van der Waals surface area contributed by atoms with Crippen LogP contribution in [0.25, 0.3) is 0 Å². The molecule has 1 rings (SSSR count). The van der Waals surface area contributed by atoms with Crippen LogP contribution in [0.2, 0.25) is 0 Å². The van der Waals surface area contributed by atoms with E-state index in [1.165, 1.54) is 12.8 Å². The number of hydrogen-bond acceptors (Lipinski definition) is 2. The van der Waals surface area contributed by atoms with Gasteiger partial charge in [-0.2, -0.15) is 0 Å². The molecule has 0 aromatic carbocycles. The van der Waals surface area contributed by atoms with Crippen LogP contribution in [0.1, 0.15) is 52.9 Å². The van der Waals surface area contributed by atoms with E-state index < -0.39 is 12.0 Å². The van der Waals surface area contributed by atoms with Gasteiger partial charge in [0.1, 0.15) is 6.04 Å². The second-order valence-electron chi connectivity index (χ2n) is 6.19. The lowest BCUT2D eigenvalue weighted by Gasteiger charge is -2.27. The van der Waals surface area contributed by atoms with E-state index in [4.69, 9.17) is 5.11 Å². The first-order chi connectivity index (χ1) is 9.43. The summed E-state index contributed by atoms with van der Waals surface area (Å²) in [6.07, 6.45) is 5.52. The highest BCUT2D eigenvalue weighted by atomic mass is 16.4. The Morgan fingerprint density at radius 2 is 2.05 bits per heavy atom. The smallest absolute Gasteiger partial charge is 0.326 e. The number of aliphatic carboxylic acids is 1. The van der Waals surface area contributed by atoms with Crippen molar-refractivity contribution >= 4 is 12.0 Å². The SMILES string of the molecule is CCC(C)C(NC(=O)NCC1CCCC(C)C1)C(=O)O. The first-order valence-electron chi connectivity index (χ1n) is 7.71. The van der Waals surface area contributed by atoms with Gasteiger partial charge in [-0.25, -0.2) is 9.59 Å². The molecule has 0 radical (unpaired) electrons. The molecule has 0 bridgehead atoms. The number of urea groups is 1. The molecule has 3 N–H and O–H groups in total. The summed E-state index contributed by atoms with van der Waals surface area (Å²) in [5.41, 5.74) is 0. The fourth-order valence-corrected chi connectivity index (χ4v) is 2.86. The first-order valence-corrected chi connectivity index (χ1v) is 7.71. The van der Waals surface area contributed by atoms with Crippen LogP contribution in [-0.4, -0.2) is 29.7 Å². The van der Waals surface area contributed by atoms with Crippen molar-refractivity contribution in [3.05, 3.63) is 0 Å². The largest absolute Gasteiger partial charge is 0.480 e. The van der Waals surface area contributed by atoms with E-state index in [2.05, 4.69) is 17.6 Å². The molecule has 4 unspecified atom stereocenters. The van der Waals surface area contributed by atoms with Crippen LogP contribution in [-0.2, 0) is 4.79 Å². The number of nitrogens with one attached hydrogen (secondary N) is 2. The number of hydrogen-bond donors (Lipinski definition) is 3. The molecule has 20 heavy (non-hydrogen) atoms. The quantitative estimate of drug-likeness (QED) is 0.701. The first kappa shape index (κ1) is 16.8. The van der Waals surface area contributed by atoms with Gasteiger partial charge in [-0.3, -0.25) is 0 Å². The average Bonchev–Trinajstić information content (AvgIpc) is 2.41. The molecule has 5 heteroatoms. The van der Waals surface area contributed by atoms with Crippen molar-refractivity contribution < 1.29 is 14.7 Å². The van der Waals surface area contributed by atoms with E-state index >= 15 is 0 Å². The molecule has 5 nitrogen and oxygen atoms in total. The molecule has 116 valence electrons. The molecule has 0 spiro atoms. The van der Waals surface area contributed by atoms with Crippen LogP contribution in [0.15, 0.2) is 0 Å². The zero-order valence-electron chi connectivity index (χ0n) is 12.8. The molecule has 0 aromatic heterocycles. The van der Waals surface area contributed by atoms with Gasteiger partial charge >= 0.3 is 12.0 Å². The van der Waals surface area contributed by atoms with Gasteiger partial charge in [0, 0.05) is 6.54 Å². The summed E-state index contributed by atoms with van der Waals surface area (Å²) >= 11 is 0. The maximum absolute atomic E-state index is 11.8. The molecule has 1 aliphatic rings. The fraction of sp³-hybridized carbons (Fsp3) is 0.867. The summed E-state index contributed by atoms with van der Waals surface area (Å²) < 4.78 is 0. The molecule has 0 aromatic rings. The predicted octanol–water partition coefficient (Wildman–Crippen LogP) is 2.61. The third-order valence-corrected chi connectivity index (χ3v) is 4.36. The highest BCUT2D eigenvalue weighted by Crippen LogP contribution is 2.27. The van der Waals surface area contributed by atoms with Gasteiger partial charge in [-0.05, 0) is 30.6 Å². The van der Waals surface area contributed by atoms with E-state index in [1.807, 2.05) is 13.8 Å². The Morgan fingerprint density at radius 3 is 2.60 bits per heavy atom. The third kappa shape index (κ3) is 5.39. The molecule has 0 heterocycles. The number of carbonyl (C=O) groups excluding carboxylic acids is 1. The summed E-state index contributed by atoms with van der Waals surface area (Å²) in [6.45, 7) is 6.64. The van der Waals surface area contributed by atoms with Crippen LogP contribution >= 0.6 is 0 Å². The fourth-order valence-electron chi connectivity index (χ4n) is 2.86. The van der Waals surface area contributed by atoms with Gasteiger partial charge in [0.2, 0.25) is 0 Å². The van der Waals surface area contributed by atoms with Crippen molar-refractivity contribution in [1.82, 2.24) is 10.6 Å². The van der Waals surface area contributed by atoms with E-state index in [0.717, 1.165) is 25.2 Å². The third-order valence-electron chi connectivity index (χ3n) is 4.36. The number of carbonyl (C=O) groups is 2. The summed E-state index contributed by atoms with van der Waals surface area (Å²) in [7, 11) is 0. The zero-order chi connectivity index (χ0) is 15.1. The van der Waals surface area contributed by atoms with Crippen LogP contribution in [0.4, 0.5) is 4.79 Å². The lowest BCUT2D eigenvalue weighted by molar-refractivity contribution is -0.140. The molecule has 1 aliphatic carbocycles. The lowest BCUT2D eigenvalue weighted by atomic mass is 9.82. The Morgan fingerprint density at radius 1 is 1.35 bits per heavy atom. The van der Waals surface area contributed by atoms with E-state index in [1.54, 1.807) is 0 Å². The Kier molecular flexibility index (Phi) is 6.82. The number of amides is 2. The average molecular weight is 284 g/mol. The van der Waals surface area contributed by atoms with E-state index in [9.17, 15) is 9.59 Å². The number of carboxylic acids is 1. The highest BCUT2D eigenvalue weighted by molar-refractivity contribution is 5.82. The van der Waals surface area contributed by atoms with Crippen molar-refractivity contribution in [2.45, 2.75) is 58.9 Å². The molecule has 2 amide bonds. The molecule has 1 saturated carbocycles. The molecule has 0 aliphatic heterocycles. The Labute approximate surface area is 121 Å². The van der Waals surface area contributed by atoms with Gasteiger partial charge in [0.15, 0.2) is 0 Å². The molecule has 0 saturated heterocycles. The monoisotopic (exact) mass is 284 g/mol. The maximum Gasteiger partial charge on any atom is 0.326 e. The van der Waals surface area contributed by atoms with Gasteiger partial charge in [0.25, 0.3) is 0 Å². The van der Waals surface area contributed by atoms with Gasteiger partial charge in [-0.15, -0.1) is 0 Å². The van der Waals surface area contributed by atoms with E-state index in [-0.39, 0.29) is 11.9 Å². The minimum absolute atomic E-state index is 0.0760. The van der Waals surface area contributed by atoms with Gasteiger partial charge in [-0.1, -0.05) is 40.0 Å². The predicted molar refractivity (Wildman–Crippen MR) is 78.5 cm³/mol. The summed E-state index contributed by atoms with van der Waals surface area (Å²) in [5, 5.41) is 14.5. The van der Waals surface area contributed by atoms with Crippen molar-refractivity contribution in [3.8, 4) is 0 Å². The van der Waals surface area contributed by atoms with Gasteiger partial charge in [0.05, 0.1) is 0 Å². The zero-order valence-corrected chi connectivity index (χ0v) is 12.8. The normalized spacial score (nSPS) is 25.6. The van der Waals surface area contributed by atoms with E-state index in [0.29, 0.717) is 12.5 Å².